The summed E-state index contributed by atoms with van der Waals surface area (Å²) >= 11 is 0. The van der Waals surface area contributed by atoms with Crippen LogP contribution in [0.15, 0.2) is 24.8 Å². The molecule has 7 nitrogen and oxygen atoms in total. The van der Waals surface area contributed by atoms with Crippen LogP contribution in [0.25, 0.3) is 0 Å². The molecule has 13 heteroatoms. The summed E-state index contributed by atoms with van der Waals surface area (Å²) in [6, 6.07) is 2.37. The molecule has 1 aromatic carbocycles. The molecule has 202 valence electrons. The fraction of sp³-hybridized carbons (Fsp3) is 0.609. The van der Waals surface area contributed by atoms with Gasteiger partial charge in [0.25, 0.3) is 0 Å². The molecule has 1 unspecified atom stereocenters. The van der Waals surface area contributed by atoms with Crippen LogP contribution in [-0.4, -0.2) is 74.0 Å². The zero-order valence-electron chi connectivity index (χ0n) is 19.8. The molecule has 2 aliphatic rings. The monoisotopic (exact) mass is 540 g/mol. The number of ether oxygens (including phenoxy) is 2. The summed E-state index contributed by atoms with van der Waals surface area (Å²) in [5, 5.41) is 0. The molecule has 2 heterocycles. The zero-order chi connectivity index (χ0) is 26.7. The van der Waals surface area contributed by atoms with Crippen molar-refractivity contribution in [2.75, 3.05) is 31.9 Å². The lowest BCUT2D eigenvalue weighted by molar-refractivity contribution is -0.200. The van der Waals surface area contributed by atoms with Crippen LogP contribution in [0.1, 0.15) is 44.1 Å². The number of benzene rings is 1. The van der Waals surface area contributed by atoms with Gasteiger partial charge in [-0.25, -0.2) is 26.3 Å². The molecular weight excluding hydrogens is 511 g/mol. The number of alkyl halides is 3. The van der Waals surface area contributed by atoms with Gasteiger partial charge in [0.1, 0.15) is 6.10 Å². The van der Waals surface area contributed by atoms with Crippen LogP contribution < -0.4 is 4.74 Å². The van der Waals surface area contributed by atoms with Crippen LogP contribution in [0, 0.1) is 11.6 Å². The largest absolute Gasteiger partial charge is 0.484 e. The van der Waals surface area contributed by atoms with Crippen molar-refractivity contribution in [3.05, 3.63) is 42.0 Å². The first-order chi connectivity index (χ1) is 16.8. The third-order valence-electron chi connectivity index (χ3n) is 6.39. The van der Waals surface area contributed by atoms with Gasteiger partial charge in [-0.15, -0.1) is 6.58 Å². The molecule has 3 rings (SSSR count). The van der Waals surface area contributed by atoms with Crippen LogP contribution in [0.4, 0.5) is 26.7 Å². The number of sulfonamides is 1. The van der Waals surface area contributed by atoms with Gasteiger partial charge in [-0.05, 0) is 43.4 Å². The fourth-order valence-electron chi connectivity index (χ4n) is 4.26. The lowest BCUT2D eigenvalue weighted by Crippen LogP contribution is -2.44. The Hall–Kier alpha value is -2.41. The summed E-state index contributed by atoms with van der Waals surface area (Å²) in [5.74, 6) is -2.73. The second kappa shape index (κ2) is 11.3. The smallest absolute Gasteiger partial charge is 0.425 e. The summed E-state index contributed by atoms with van der Waals surface area (Å²) in [5.41, 5.74) is 0.412. The highest BCUT2D eigenvalue weighted by Crippen LogP contribution is 2.34. The molecule has 2 saturated heterocycles. The van der Waals surface area contributed by atoms with Gasteiger partial charge < -0.3 is 14.4 Å². The van der Waals surface area contributed by atoms with Gasteiger partial charge in [0.05, 0.1) is 5.75 Å². The minimum Gasteiger partial charge on any atom is -0.484 e. The van der Waals surface area contributed by atoms with E-state index in [1.54, 1.807) is 0 Å². The van der Waals surface area contributed by atoms with Gasteiger partial charge in [-0.2, -0.15) is 13.2 Å². The van der Waals surface area contributed by atoms with Crippen molar-refractivity contribution in [2.45, 2.75) is 56.9 Å². The summed E-state index contributed by atoms with van der Waals surface area (Å²) in [6.45, 7) is 4.69. The predicted molar refractivity (Wildman–Crippen MR) is 121 cm³/mol. The van der Waals surface area contributed by atoms with Crippen molar-refractivity contribution >= 4 is 16.1 Å². The normalized spacial score (nSPS) is 19.7. The van der Waals surface area contributed by atoms with Crippen molar-refractivity contribution in [3.63, 3.8) is 0 Å². The highest BCUT2D eigenvalue weighted by molar-refractivity contribution is 7.89. The van der Waals surface area contributed by atoms with Crippen molar-refractivity contribution in [1.29, 1.82) is 0 Å². The number of nitrogens with zero attached hydrogens (tertiary/aromatic N) is 2. The van der Waals surface area contributed by atoms with Gasteiger partial charge in [-0.1, -0.05) is 6.08 Å². The second-order valence-electron chi connectivity index (χ2n) is 8.93. The highest BCUT2D eigenvalue weighted by Gasteiger charge is 2.40. The van der Waals surface area contributed by atoms with Crippen molar-refractivity contribution in [1.82, 2.24) is 9.21 Å². The van der Waals surface area contributed by atoms with Crippen LogP contribution in [0.2, 0.25) is 0 Å². The number of amides is 1. The number of hydrogen-bond acceptors (Lipinski definition) is 5. The number of likely N-dealkylation sites (tertiary alicyclic amines) is 1. The Labute approximate surface area is 206 Å². The van der Waals surface area contributed by atoms with Crippen LogP contribution >= 0.6 is 0 Å². The molecule has 0 bridgehead atoms. The number of hydrogen-bond donors (Lipinski definition) is 0. The Morgan fingerprint density at radius 2 is 1.67 bits per heavy atom. The molecule has 2 fully saturated rings. The van der Waals surface area contributed by atoms with E-state index in [4.69, 9.17) is 4.74 Å². The molecule has 0 saturated carbocycles. The Kier molecular flexibility index (Phi) is 8.86. The number of piperidine rings is 2. The topological polar surface area (TPSA) is 76.2 Å². The highest BCUT2D eigenvalue weighted by atomic mass is 32.2. The first kappa shape index (κ1) is 28.2. The summed E-state index contributed by atoms with van der Waals surface area (Å²) < 4.78 is 103. The number of carbonyl (C=O) groups excluding carboxylic acids is 1. The van der Waals surface area contributed by atoms with Crippen LogP contribution in [0.5, 0.6) is 5.75 Å². The van der Waals surface area contributed by atoms with Crippen molar-refractivity contribution in [3.8, 4) is 5.75 Å². The predicted octanol–water partition coefficient (Wildman–Crippen LogP) is 4.59. The van der Waals surface area contributed by atoms with E-state index in [9.17, 15) is 35.2 Å². The number of carbonyl (C=O) groups is 1. The molecular formula is C23H29F5N2O5S. The molecule has 1 atom stereocenters. The lowest BCUT2D eigenvalue weighted by atomic mass is 9.90. The molecule has 0 aliphatic carbocycles. The maximum absolute atomic E-state index is 14.8. The Morgan fingerprint density at radius 1 is 1.11 bits per heavy atom. The first-order valence-electron chi connectivity index (χ1n) is 11.6. The van der Waals surface area contributed by atoms with E-state index in [0.29, 0.717) is 18.4 Å². The van der Waals surface area contributed by atoms with Gasteiger partial charge in [0, 0.05) is 39.0 Å². The Bertz CT molecular complexity index is 1030. The second-order valence-corrected chi connectivity index (χ2v) is 10.9. The quantitative estimate of drug-likeness (QED) is 0.374. The van der Waals surface area contributed by atoms with E-state index in [-0.39, 0.29) is 50.7 Å². The molecule has 0 spiro atoms. The summed E-state index contributed by atoms with van der Waals surface area (Å²) in [6.07, 6.45) is -6.20. The molecule has 0 aromatic heterocycles. The molecule has 0 N–H and O–H groups in total. The van der Waals surface area contributed by atoms with Crippen molar-refractivity contribution in [2.24, 2.45) is 0 Å². The Morgan fingerprint density at radius 3 is 2.17 bits per heavy atom. The molecule has 1 aromatic rings. The number of halogens is 5. The van der Waals surface area contributed by atoms with Crippen molar-refractivity contribution < 1.29 is 44.6 Å². The van der Waals surface area contributed by atoms with E-state index >= 15 is 0 Å². The van der Waals surface area contributed by atoms with Gasteiger partial charge in [0.2, 0.25) is 10.0 Å². The average Bonchev–Trinajstić information content (AvgIpc) is 2.81. The van der Waals surface area contributed by atoms with Gasteiger partial charge >= 0.3 is 12.3 Å². The summed E-state index contributed by atoms with van der Waals surface area (Å²) in [4.78, 5) is 13.0. The van der Waals surface area contributed by atoms with E-state index in [1.807, 2.05) is 0 Å². The SMILES string of the molecule is C=CCS(=O)(=O)N1CCC(c2cc(F)c(OC3CCN(C(=O)OC(C)C(F)(F)F)CC3)c(F)c2)CC1. The summed E-state index contributed by atoms with van der Waals surface area (Å²) in [7, 11) is -3.44. The average molecular weight is 541 g/mol. The Balaban J connectivity index is 1.55. The van der Waals surface area contributed by atoms with Crippen LogP contribution in [0.3, 0.4) is 0 Å². The standard InChI is InChI=1S/C23H29F5N2O5S/c1-3-12-36(32,33)30-10-4-16(5-11-30)17-13-19(24)21(20(25)14-17)35-18-6-8-29(9-7-18)22(31)34-15(2)23(26,27)28/h3,13-16,18H,1,4-12H2,2H3. The van der Waals surface area contributed by atoms with E-state index < -0.39 is 51.9 Å². The zero-order valence-corrected chi connectivity index (χ0v) is 20.6. The molecule has 1 amide bonds. The van der Waals surface area contributed by atoms with E-state index in [1.165, 1.54) is 22.5 Å². The minimum absolute atomic E-state index is 0.0166. The molecule has 0 radical (unpaired) electrons. The van der Waals surface area contributed by atoms with Gasteiger partial charge in [0.15, 0.2) is 23.5 Å². The van der Waals surface area contributed by atoms with Gasteiger partial charge in [-0.3, -0.25) is 0 Å². The first-order valence-corrected chi connectivity index (χ1v) is 13.2. The third kappa shape index (κ3) is 6.87. The maximum atomic E-state index is 14.8. The minimum atomic E-state index is -4.67. The third-order valence-corrected chi connectivity index (χ3v) is 8.20. The molecule has 36 heavy (non-hydrogen) atoms. The van der Waals surface area contributed by atoms with Crippen LogP contribution in [-0.2, 0) is 14.8 Å². The lowest BCUT2D eigenvalue weighted by Gasteiger charge is -2.33. The van der Waals surface area contributed by atoms with E-state index in [0.717, 1.165) is 11.8 Å². The fourth-order valence-corrected chi connectivity index (χ4v) is 5.54. The number of rotatable bonds is 7. The molecule has 2 aliphatic heterocycles. The van der Waals surface area contributed by atoms with E-state index in [2.05, 4.69) is 11.3 Å². The maximum Gasteiger partial charge on any atom is 0.425 e.